The Hall–Kier alpha value is -0.160. The lowest BCUT2D eigenvalue weighted by Gasteiger charge is -2.31. The molecule has 0 radical (unpaired) electrons. The molecule has 0 aliphatic carbocycles. The molecule has 2 atom stereocenters. The van der Waals surface area contributed by atoms with Gasteiger partial charge >= 0.3 is 0 Å². The standard InChI is InChI=1S/C12H24N2O2/c1-3-16-12-9-14(8-11(12)15-2)10-4-6-13-7-5-10/h10-13H,3-9H2,1-2H3/t11-,12+/m1/s1. The van der Waals surface area contributed by atoms with E-state index in [4.69, 9.17) is 9.47 Å². The van der Waals surface area contributed by atoms with Crippen molar-refractivity contribution in [2.75, 3.05) is 39.9 Å². The summed E-state index contributed by atoms with van der Waals surface area (Å²) >= 11 is 0. The predicted molar refractivity (Wildman–Crippen MR) is 63.7 cm³/mol. The Morgan fingerprint density at radius 2 is 1.88 bits per heavy atom. The van der Waals surface area contributed by atoms with Crippen molar-refractivity contribution in [3.63, 3.8) is 0 Å². The molecular weight excluding hydrogens is 204 g/mol. The maximum Gasteiger partial charge on any atom is 0.0975 e. The number of rotatable bonds is 4. The van der Waals surface area contributed by atoms with E-state index in [2.05, 4.69) is 17.1 Å². The fourth-order valence-electron chi connectivity index (χ4n) is 2.84. The van der Waals surface area contributed by atoms with Crippen LogP contribution in [-0.2, 0) is 9.47 Å². The number of nitrogens with zero attached hydrogens (tertiary/aromatic N) is 1. The predicted octanol–water partition coefficient (Wildman–Crippen LogP) is 0.474. The third kappa shape index (κ3) is 2.74. The quantitative estimate of drug-likeness (QED) is 0.758. The first-order valence-corrected chi connectivity index (χ1v) is 6.44. The first kappa shape index (κ1) is 12.3. The minimum Gasteiger partial charge on any atom is -0.377 e. The molecular formula is C12H24N2O2. The van der Waals surface area contributed by atoms with Crippen molar-refractivity contribution in [3.05, 3.63) is 0 Å². The smallest absolute Gasteiger partial charge is 0.0975 e. The number of methoxy groups -OCH3 is 1. The Kier molecular flexibility index (Phi) is 4.58. The molecule has 0 bridgehead atoms. The number of hydrogen-bond acceptors (Lipinski definition) is 4. The van der Waals surface area contributed by atoms with Gasteiger partial charge in [-0.2, -0.15) is 0 Å². The summed E-state index contributed by atoms with van der Waals surface area (Å²) < 4.78 is 11.3. The molecule has 2 rings (SSSR count). The van der Waals surface area contributed by atoms with Gasteiger partial charge in [0.2, 0.25) is 0 Å². The SMILES string of the molecule is CCO[C@H]1CN(C2CCNCC2)C[C@H]1OC. The molecule has 4 heteroatoms. The molecule has 2 aliphatic rings. The monoisotopic (exact) mass is 228 g/mol. The number of piperidine rings is 1. The molecule has 0 aromatic carbocycles. The van der Waals surface area contributed by atoms with Gasteiger partial charge in [-0.25, -0.2) is 0 Å². The fraction of sp³-hybridized carbons (Fsp3) is 1.00. The molecule has 4 nitrogen and oxygen atoms in total. The molecule has 2 aliphatic heterocycles. The van der Waals surface area contributed by atoms with Crippen LogP contribution in [0.5, 0.6) is 0 Å². The first-order chi connectivity index (χ1) is 7.85. The second-order valence-corrected chi connectivity index (χ2v) is 4.70. The average Bonchev–Trinajstić information content (AvgIpc) is 2.74. The third-order valence-corrected chi connectivity index (χ3v) is 3.75. The second kappa shape index (κ2) is 5.96. The first-order valence-electron chi connectivity index (χ1n) is 6.44. The van der Waals surface area contributed by atoms with Crippen LogP contribution in [-0.4, -0.2) is 63.0 Å². The van der Waals surface area contributed by atoms with E-state index in [1.54, 1.807) is 7.11 Å². The Morgan fingerprint density at radius 3 is 2.50 bits per heavy atom. The van der Waals surface area contributed by atoms with E-state index in [1.165, 1.54) is 12.8 Å². The molecule has 0 saturated carbocycles. The van der Waals surface area contributed by atoms with Crippen LogP contribution in [0, 0.1) is 0 Å². The van der Waals surface area contributed by atoms with E-state index < -0.39 is 0 Å². The highest BCUT2D eigenvalue weighted by Gasteiger charge is 2.36. The summed E-state index contributed by atoms with van der Waals surface area (Å²) in [4.78, 5) is 2.55. The van der Waals surface area contributed by atoms with E-state index >= 15 is 0 Å². The fourth-order valence-corrected chi connectivity index (χ4v) is 2.84. The van der Waals surface area contributed by atoms with E-state index in [1.807, 2.05) is 0 Å². The zero-order valence-electron chi connectivity index (χ0n) is 10.4. The van der Waals surface area contributed by atoms with Gasteiger partial charge in [0.25, 0.3) is 0 Å². The topological polar surface area (TPSA) is 33.7 Å². The van der Waals surface area contributed by atoms with Crippen LogP contribution in [0.4, 0.5) is 0 Å². The zero-order chi connectivity index (χ0) is 11.4. The normalized spacial score (nSPS) is 33.4. The van der Waals surface area contributed by atoms with E-state index in [-0.39, 0.29) is 12.2 Å². The van der Waals surface area contributed by atoms with Gasteiger partial charge in [0.15, 0.2) is 0 Å². The van der Waals surface area contributed by atoms with Crippen molar-refractivity contribution in [1.29, 1.82) is 0 Å². The Bertz CT molecular complexity index is 207. The minimum atomic E-state index is 0.259. The van der Waals surface area contributed by atoms with Crippen molar-refractivity contribution < 1.29 is 9.47 Å². The zero-order valence-corrected chi connectivity index (χ0v) is 10.4. The van der Waals surface area contributed by atoms with Crippen LogP contribution in [0.15, 0.2) is 0 Å². The summed E-state index contributed by atoms with van der Waals surface area (Å²) in [6, 6.07) is 0.726. The maximum absolute atomic E-state index is 5.75. The van der Waals surface area contributed by atoms with Crippen molar-refractivity contribution in [3.8, 4) is 0 Å². The van der Waals surface area contributed by atoms with Crippen LogP contribution in [0.2, 0.25) is 0 Å². The Balaban J connectivity index is 1.87. The van der Waals surface area contributed by atoms with Crippen LogP contribution in [0.25, 0.3) is 0 Å². The van der Waals surface area contributed by atoms with Gasteiger partial charge in [0.1, 0.15) is 0 Å². The molecule has 2 heterocycles. The second-order valence-electron chi connectivity index (χ2n) is 4.70. The van der Waals surface area contributed by atoms with Crippen LogP contribution in [0.3, 0.4) is 0 Å². The summed E-state index contributed by atoms with van der Waals surface area (Å²) in [6.07, 6.45) is 3.05. The van der Waals surface area contributed by atoms with Gasteiger partial charge in [-0.05, 0) is 32.9 Å². The molecule has 0 amide bonds. The highest BCUT2D eigenvalue weighted by Crippen LogP contribution is 2.22. The van der Waals surface area contributed by atoms with Crippen molar-refractivity contribution in [2.45, 2.75) is 38.0 Å². The molecule has 16 heavy (non-hydrogen) atoms. The molecule has 0 unspecified atom stereocenters. The number of nitrogens with one attached hydrogen (secondary N) is 1. The Morgan fingerprint density at radius 1 is 1.19 bits per heavy atom. The van der Waals surface area contributed by atoms with Gasteiger partial charge in [0, 0.05) is 32.8 Å². The number of likely N-dealkylation sites (tertiary alicyclic amines) is 1. The Labute approximate surface area is 98.3 Å². The van der Waals surface area contributed by atoms with Crippen LogP contribution >= 0.6 is 0 Å². The molecule has 0 aromatic heterocycles. The van der Waals surface area contributed by atoms with Crippen LogP contribution in [0.1, 0.15) is 19.8 Å². The van der Waals surface area contributed by atoms with E-state index in [9.17, 15) is 0 Å². The lowest BCUT2D eigenvalue weighted by atomic mass is 10.1. The maximum atomic E-state index is 5.75. The molecule has 2 saturated heterocycles. The highest BCUT2D eigenvalue weighted by atomic mass is 16.5. The van der Waals surface area contributed by atoms with Crippen molar-refractivity contribution >= 4 is 0 Å². The molecule has 1 N–H and O–H groups in total. The molecule has 2 fully saturated rings. The van der Waals surface area contributed by atoms with Gasteiger partial charge in [0.05, 0.1) is 12.2 Å². The third-order valence-electron chi connectivity index (χ3n) is 3.75. The number of hydrogen-bond donors (Lipinski definition) is 1. The lowest BCUT2D eigenvalue weighted by molar-refractivity contribution is -0.0233. The highest BCUT2D eigenvalue weighted by molar-refractivity contribution is 4.91. The van der Waals surface area contributed by atoms with Gasteiger partial charge < -0.3 is 14.8 Å². The largest absolute Gasteiger partial charge is 0.377 e. The van der Waals surface area contributed by atoms with E-state index in [0.717, 1.165) is 38.8 Å². The van der Waals surface area contributed by atoms with Crippen molar-refractivity contribution in [1.82, 2.24) is 10.2 Å². The average molecular weight is 228 g/mol. The summed E-state index contributed by atoms with van der Waals surface area (Å²) in [5, 5.41) is 3.41. The molecule has 94 valence electrons. The summed E-state index contributed by atoms with van der Waals surface area (Å²) in [7, 11) is 1.79. The van der Waals surface area contributed by atoms with Gasteiger partial charge in [-0.3, -0.25) is 4.90 Å². The van der Waals surface area contributed by atoms with Crippen LogP contribution < -0.4 is 5.32 Å². The molecule has 0 aromatic rings. The molecule has 0 spiro atoms. The summed E-state index contributed by atoms with van der Waals surface area (Å²) in [5.74, 6) is 0. The van der Waals surface area contributed by atoms with Gasteiger partial charge in [-0.15, -0.1) is 0 Å². The van der Waals surface area contributed by atoms with E-state index in [0.29, 0.717) is 0 Å². The van der Waals surface area contributed by atoms with Crippen molar-refractivity contribution in [2.24, 2.45) is 0 Å². The summed E-state index contributed by atoms with van der Waals surface area (Å²) in [5.41, 5.74) is 0. The minimum absolute atomic E-state index is 0.259. The summed E-state index contributed by atoms with van der Waals surface area (Å²) in [6.45, 7) is 7.21. The number of ether oxygens (including phenoxy) is 2. The van der Waals surface area contributed by atoms with Gasteiger partial charge in [-0.1, -0.05) is 0 Å². The lowest BCUT2D eigenvalue weighted by Crippen LogP contribution is -2.42.